The highest BCUT2D eigenvalue weighted by Crippen LogP contribution is 2.35. The molecule has 4 rings (SSSR count). The lowest BCUT2D eigenvalue weighted by molar-refractivity contribution is -0.137. The Morgan fingerprint density at radius 1 is 0.750 bits per heavy atom. The zero-order valence-corrected chi connectivity index (χ0v) is 12.9. The highest BCUT2D eigenvalue weighted by Gasteiger charge is 2.31. The van der Waals surface area contributed by atoms with Crippen molar-refractivity contribution in [2.75, 3.05) is 0 Å². The van der Waals surface area contributed by atoms with E-state index in [0.29, 0.717) is 11.3 Å². The molecule has 0 aliphatic carbocycles. The van der Waals surface area contributed by atoms with Crippen molar-refractivity contribution in [3.8, 4) is 5.69 Å². The minimum absolute atomic E-state index is 0.528. The number of halogens is 3. The monoisotopic (exact) mass is 325 g/mol. The van der Waals surface area contributed by atoms with Gasteiger partial charge >= 0.3 is 6.18 Å². The summed E-state index contributed by atoms with van der Waals surface area (Å²) in [5.41, 5.74) is 2.29. The quantitative estimate of drug-likeness (QED) is 0.398. The van der Waals surface area contributed by atoms with Crippen molar-refractivity contribution in [1.29, 1.82) is 0 Å². The summed E-state index contributed by atoms with van der Waals surface area (Å²) < 4.78 is 41.5. The molecular weight excluding hydrogens is 311 g/mol. The highest BCUT2D eigenvalue weighted by atomic mass is 19.4. The standard InChI is InChI=1S/C20H14F3N/c1-13-10-14(20(21,22)23)12-15(11-13)24-18-8-4-2-6-16(18)17-7-3-5-9-19(17)24/h2-12H,1H3. The molecule has 0 radical (unpaired) electrons. The van der Waals surface area contributed by atoms with E-state index in [1.165, 1.54) is 12.1 Å². The third kappa shape index (κ3) is 2.26. The lowest BCUT2D eigenvalue weighted by Gasteiger charge is -2.13. The Bertz CT molecular complexity index is 1000. The van der Waals surface area contributed by atoms with E-state index in [9.17, 15) is 13.2 Å². The van der Waals surface area contributed by atoms with Crippen molar-refractivity contribution in [3.05, 3.63) is 77.9 Å². The minimum atomic E-state index is -4.36. The van der Waals surface area contributed by atoms with Crippen LogP contribution in [-0.2, 0) is 6.18 Å². The summed E-state index contributed by atoms with van der Waals surface area (Å²) in [6.07, 6.45) is -4.36. The van der Waals surface area contributed by atoms with E-state index in [0.717, 1.165) is 21.8 Å². The molecule has 0 unspecified atom stereocenters. The Labute approximate surface area is 136 Å². The van der Waals surface area contributed by atoms with Crippen LogP contribution in [-0.4, -0.2) is 4.57 Å². The third-order valence-corrected chi connectivity index (χ3v) is 4.23. The Hall–Kier alpha value is -2.75. The number of nitrogens with zero attached hydrogens (tertiary/aromatic N) is 1. The van der Waals surface area contributed by atoms with Crippen molar-refractivity contribution in [2.45, 2.75) is 13.1 Å². The van der Waals surface area contributed by atoms with Gasteiger partial charge in [-0.15, -0.1) is 0 Å². The van der Waals surface area contributed by atoms with Gasteiger partial charge in [-0.05, 0) is 42.8 Å². The number of aromatic nitrogens is 1. The van der Waals surface area contributed by atoms with Crippen molar-refractivity contribution in [3.63, 3.8) is 0 Å². The molecule has 4 aromatic rings. The number of hydrogen-bond donors (Lipinski definition) is 0. The zero-order valence-electron chi connectivity index (χ0n) is 12.9. The lowest BCUT2D eigenvalue weighted by Crippen LogP contribution is -2.07. The second-order valence-electron chi connectivity index (χ2n) is 5.92. The zero-order chi connectivity index (χ0) is 16.9. The smallest absolute Gasteiger partial charge is 0.309 e. The number of alkyl halides is 3. The number of para-hydroxylation sites is 2. The van der Waals surface area contributed by atoms with E-state index in [1.807, 2.05) is 53.1 Å². The maximum absolute atomic E-state index is 13.2. The Morgan fingerprint density at radius 3 is 1.83 bits per heavy atom. The lowest BCUT2D eigenvalue weighted by atomic mass is 10.1. The van der Waals surface area contributed by atoms with Crippen LogP contribution in [0.15, 0.2) is 66.7 Å². The van der Waals surface area contributed by atoms with Gasteiger partial charge in [0.1, 0.15) is 0 Å². The molecule has 0 bridgehead atoms. The molecule has 3 aromatic carbocycles. The van der Waals surface area contributed by atoms with E-state index in [1.54, 1.807) is 13.0 Å². The maximum Gasteiger partial charge on any atom is 0.416 e. The largest absolute Gasteiger partial charge is 0.416 e. The van der Waals surface area contributed by atoms with Gasteiger partial charge in [0, 0.05) is 16.5 Å². The van der Waals surface area contributed by atoms with Crippen LogP contribution in [0.2, 0.25) is 0 Å². The van der Waals surface area contributed by atoms with Gasteiger partial charge in [-0.1, -0.05) is 36.4 Å². The summed E-state index contributed by atoms with van der Waals surface area (Å²) in [7, 11) is 0. The fourth-order valence-electron chi connectivity index (χ4n) is 3.26. The van der Waals surface area contributed by atoms with Crippen LogP contribution in [0.4, 0.5) is 13.2 Å². The van der Waals surface area contributed by atoms with Gasteiger partial charge in [0.15, 0.2) is 0 Å². The normalized spacial score (nSPS) is 12.2. The second-order valence-corrected chi connectivity index (χ2v) is 5.92. The van der Waals surface area contributed by atoms with Crippen molar-refractivity contribution in [2.24, 2.45) is 0 Å². The van der Waals surface area contributed by atoms with Crippen molar-refractivity contribution < 1.29 is 13.2 Å². The van der Waals surface area contributed by atoms with Gasteiger partial charge in [-0.25, -0.2) is 0 Å². The van der Waals surface area contributed by atoms with Crippen LogP contribution in [0, 0.1) is 6.92 Å². The first-order valence-electron chi connectivity index (χ1n) is 7.62. The molecule has 0 aliphatic rings. The van der Waals surface area contributed by atoms with E-state index >= 15 is 0 Å². The predicted octanol–water partition coefficient (Wildman–Crippen LogP) is 6.11. The minimum Gasteiger partial charge on any atom is -0.309 e. The Balaban J connectivity index is 2.11. The van der Waals surface area contributed by atoms with E-state index in [-0.39, 0.29) is 0 Å². The topological polar surface area (TPSA) is 4.93 Å². The molecule has 0 atom stereocenters. The average molecular weight is 325 g/mol. The van der Waals surface area contributed by atoms with E-state index < -0.39 is 11.7 Å². The molecule has 0 saturated heterocycles. The fraction of sp³-hybridized carbons (Fsp3) is 0.100. The first kappa shape index (κ1) is 14.8. The number of hydrogen-bond acceptors (Lipinski definition) is 0. The third-order valence-electron chi connectivity index (χ3n) is 4.23. The molecule has 1 heterocycles. The number of aryl methyl sites for hydroxylation is 1. The Kier molecular flexibility index (Phi) is 3.17. The van der Waals surface area contributed by atoms with Crippen LogP contribution in [0.25, 0.3) is 27.5 Å². The molecule has 0 spiro atoms. The molecule has 120 valence electrons. The average Bonchev–Trinajstić information content (AvgIpc) is 2.88. The van der Waals surface area contributed by atoms with Gasteiger partial charge in [0.05, 0.1) is 16.6 Å². The molecule has 0 N–H and O–H groups in total. The second kappa shape index (κ2) is 5.13. The first-order valence-corrected chi connectivity index (χ1v) is 7.62. The van der Waals surface area contributed by atoms with Crippen LogP contribution >= 0.6 is 0 Å². The molecule has 0 amide bonds. The first-order chi connectivity index (χ1) is 11.4. The summed E-state index contributed by atoms with van der Waals surface area (Å²) in [5, 5.41) is 2.06. The maximum atomic E-state index is 13.2. The van der Waals surface area contributed by atoms with Crippen molar-refractivity contribution in [1.82, 2.24) is 4.57 Å². The Morgan fingerprint density at radius 2 is 1.29 bits per heavy atom. The number of fused-ring (bicyclic) bond motifs is 3. The van der Waals surface area contributed by atoms with Crippen LogP contribution in [0.1, 0.15) is 11.1 Å². The van der Waals surface area contributed by atoms with Gasteiger partial charge in [0.2, 0.25) is 0 Å². The van der Waals surface area contributed by atoms with Gasteiger partial charge in [-0.2, -0.15) is 13.2 Å². The fourth-order valence-corrected chi connectivity index (χ4v) is 3.26. The molecule has 0 aliphatic heterocycles. The molecule has 1 nitrogen and oxygen atoms in total. The van der Waals surface area contributed by atoms with E-state index in [2.05, 4.69) is 0 Å². The SMILES string of the molecule is Cc1cc(-n2c3ccccc3c3ccccc32)cc(C(F)(F)F)c1. The summed E-state index contributed by atoms with van der Waals surface area (Å²) in [6, 6.07) is 19.7. The predicted molar refractivity (Wildman–Crippen MR) is 90.5 cm³/mol. The molecule has 0 fully saturated rings. The molecule has 0 saturated carbocycles. The highest BCUT2D eigenvalue weighted by molar-refractivity contribution is 6.09. The number of rotatable bonds is 1. The van der Waals surface area contributed by atoms with Gasteiger partial charge in [-0.3, -0.25) is 0 Å². The summed E-state index contributed by atoms with van der Waals surface area (Å²) in [6.45, 7) is 1.69. The summed E-state index contributed by atoms with van der Waals surface area (Å²) >= 11 is 0. The van der Waals surface area contributed by atoms with E-state index in [4.69, 9.17) is 0 Å². The van der Waals surface area contributed by atoms with Crippen LogP contribution < -0.4 is 0 Å². The number of benzene rings is 3. The summed E-state index contributed by atoms with van der Waals surface area (Å²) in [5.74, 6) is 0. The molecule has 1 aromatic heterocycles. The van der Waals surface area contributed by atoms with Crippen LogP contribution in [0.5, 0.6) is 0 Å². The van der Waals surface area contributed by atoms with Gasteiger partial charge in [0.25, 0.3) is 0 Å². The molecular formula is C20H14F3N. The summed E-state index contributed by atoms with van der Waals surface area (Å²) in [4.78, 5) is 0. The van der Waals surface area contributed by atoms with Crippen LogP contribution in [0.3, 0.4) is 0 Å². The molecule has 24 heavy (non-hydrogen) atoms. The van der Waals surface area contributed by atoms with Gasteiger partial charge < -0.3 is 4.57 Å². The molecule has 4 heteroatoms. The van der Waals surface area contributed by atoms with Crippen molar-refractivity contribution >= 4 is 21.8 Å².